The van der Waals surface area contributed by atoms with E-state index in [4.69, 9.17) is 0 Å². The average molecular weight is 474 g/mol. The van der Waals surface area contributed by atoms with Crippen LogP contribution in [0.5, 0.6) is 0 Å². The second kappa shape index (κ2) is 9.52. The molecule has 1 amide bonds. The highest BCUT2D eigenvalue weighted by molar-refractivity contribution is 8.00. The molecule has 0 unspecified atom stereocenters. The molecule has 6 nitrogen and oxygen atoms in total. The summed E-state index contributed by atoms with van der Waals surface area (Å²) in [5.41, 5.74) is 3.80. The van der Waals surface area contributed by atoms with Crippen molar-refractivity contribution in [1.82, 2.24) is 14.6 Å². The van der Waals surface area contributed by atoms with Crippen molar-refractivity contribution in [2.45, 2.75) is 36.2 Å². The molecule has 9 heteroatoms. The summed E-state index contributed by atoms with van der Waals surface area (Å²) in [5, 5.41) is 3.36. The first-order chi connectivity index (χ1) is 14.9. The molecule has 0 spiro atoms. The van der Waals surface area contributed by atoms with Crippen LogP contribution in [-0.4, -0.2) is 36.5 Å². The van der Waals surface area contributed by atoms with Gasteiger partial charge < -0.3 is 4.90 Å². The lowest BCUT2D eigenvalue weighted by atomic mass is 9.95. The summed E-state index contributed by atoms with van der Waals surface area (Å²) in [5.74, 6) is 0.492. The summed E-state index contributed by atoms with van der Waals surface area (Å²) in [6.45, 7) is 3.20. The van der Waals surface area contributed by atoms with Gasteiger partial charge >= 0.3 is 0 Å². The largest absolute Gasteiger partial charge is 0.337 e. The third-order valence-electron chi connectivity index (χ3n) is 5.30. The predicted molar refractivity (Wildman–Crippen MR) is 124 cm³/mol. The van der Waals surface area contributed by atoms with E-state index in [1.165, 1.54) is 23.1 Å². The minimum atomic E-state index is -3.55. The normalized spacial score (nSPS) is 13.8. The Morgan fingerprint density at radius 2 is 2.06 bits per heavy atom. The molecule has 162 valence electrons. The molecule has 0 bridgehead atoms. The maximum atomic E-state index is 12.7. The summed E-state index contributed by atoms with van der Waals surface area (Å²) in [6.07, 6.45) is 2.50. The summed E-state index contributed by atoms with van der Waals surface area (Å²) < 4.78 is 27.7. The fraction of sp³-hybridized carbons (Fsp3) is 0.273. The Bertz CT molecular complexity index is 1160. The summed E-state index contributed by atoms with van der Waals surface area (Å²) >= 11 is 2.88. The number of hydrogen-bond donors (Lipinski definition) is 1. The third kappa shape index (κ3) is 5.17. The van der Waals surface area contributed by atoms with Gasteiger partial charge in [0.2, 0.25) is 15.9 Å². The standard InChI is InChI=1S/C22H23N3O3S3/c1-16-21(12-24-31(27,28)19-8-10-29-14-19)20-7-9-25(13-17(20)11-23-16)22(26)15-30-18-5-3-2-4-6-18/h2-6,8,10-11,14,24H,7,9,12-13,15H2,1H3. The number of carbonyl (C=O) groups is 1. The number of nitrogens with zero attached hydrogens (tertiary/aromatic N) is 2. The Hall–Kier alpha value is -2.20. The molecule has 1 aromatic carbocycles. The van der Waals surface area contributed by atoms with E-state index in [1.807, 2.05) is 48.4 Å². The number of thioether (sulfide) groups is 1. The second-order valence-electron chi connectivity index (χ2n) is 7.28. The molecule has 0 saturated carbocycles. The Kier molecular flexibility index (Phi) is 6.76. The van der Waals surface area contributed by atoms with Crippen molar-refractivity contribution in [3.63, 3.8) is 0 Å². The summed E-state index contributed by atoms with van der Waals surface area (Å²) in [4.78, 5) is 20.4. The van der Waals surface area contributed by atoms with E-state index < -0.39 is 10.0 Å². The van der Waals surface area contributed by atoms with Crippen molar-refractivity contribution < 1.29 is 13.2 Å². The van der Waals surface area contributed by atoms with Crippen LogP contribution >= 0.6 is 23.1 Å². The molecule has 0 radical (unpaired) electrons. The van der Waals surface area contributed by atoms with Crippen molar-refractivity contribution in [2.75, 3.05) is 12.3 Å². The van der Waals surface area contributed by atoms with E-state index in [-0.39, 0.29) is 17.3 Å². The van der Waals surface area contributed by atoms with E-state index in [1.54, 1.807) is 16.8 Å². The average Bonchev–Trinajstić information content (AvgIpc) is 3.33. The maximum Gasteiger partial charge on any atom is 0.241 e. The molecule has 0 atom stereocenters. The Morgan fingerprint density at radius 3 is 2.81 bits per heavy atom. The molecule has 0 saturated heterocycles. The van der Waals surface area contributed by atoms with Crippen LogP contribution in [0.4, 0.5) is 0 Å². The van der Waals surface area contributed by atoms with E-state index in [2.05, 4.69) is 9.71 Å². The maximum absolute atomic E-state index is 12.7. The fourth-order valence-electron chi connectivity index (χ4n) is 3.58. The first-order valence-corrected chi connectivity index (χ1v) is 13.3. The van der Waals surface area contributed by atoms with Gasteiger partial charge in [-0.15, -0.1) is 11.8 Å². The first-order valence-electron chi connectivity index (χ1n) is 9.88. The molecule has 3 aromatic rings. The molecule has 31 heavy (non-hydrogen) atoms. The minimum absolute atomic E-state index is 0.0970. The van der Waals surface area contributed by atoms with Crippen LogP contribution in [0.2, 0.25) is 0 Å². The quantitative estimate of drug-likeness (QED) is 0.531. The van der Waals surface area contributed by atoms with Gasteiger partial charge in [0.15, 0.2) is 0 Å². The predicted octanol–water partition coefficient (Wildman–Crippen LogP) is 3.61. The smallest absolute Gasteiger partial charge is 0.241 e. The van der Waals surface area contributed by atoms with Crippen LogP contribution in [0.1, 0.15) is 22.4 Å². The second-order valence-corrected chi connectivity index (χ2v) is 10.9. The number of rotatable bonds is 7. The van der Waals surface area contributed by atoms with E-state index in [0.717, 1.165) is 27.3 Å². The topological polar surface area (TPSA) is 79.4 Å². The zero-order chi connectivity index (χ0) is 21.8. The Balaban J connectivity index is 1.44. The van der Waals surface area contributed by atoms with Gasteiger partial charge in [-0.05, 0) is 53.6 Å². The molecule has 1 aliphatic heterocycles. The van der Waals surface area contributed by atoms with Gasteiger partial charge in [-0.3, -0.25) is 9.78 Å². The number of sulfonamides is 1. The van der Waals surface area contributed by atoms with Crippen molar-refractivity contribution in [1.29, 1.82) is 0 Å². The molecule has 1 N–H and O–H groups in total. The van der Waals surface area contributed by atoms with Gasteiger partial charge in [0.1, 0.15) is 0 Å². The molecule has 4 rings (SSSR count). The number of aryl methyl sites for hydroxylation is 1. The van der Waals surface area contributed by atoms with Crippen LogP contribution in [-0.2, 0) is 34.3 Å². The molecule has 0 fully saturated rings. The lowest BCUT2D eigenvalue weighted by Gasteiger charge is -2.30. The number of hydrogen-bond acceptors (Lipinski definition) is 6. The van der Waals surface area contributed by atoms with Gasteiger partial charge in [0, 0.05) is 41.8 Å². The van der Waals surface area contributed by atoms with Crippen LogP contribution in [0.15, 0.2) is 63.1 Å². The SMILES string of the molecule is Cc1ncc2c(c1CNS(=O)(=O)c1ccsc1)CCN(C(=O)CSc1ccccc1)C2. The number of carbonyl (C=O) groups excluding carboxylic acids is 1. The lowest BCUT2D eigenvalue weighted by Crippen LogP contribution is -2.38. The number of thiophene rings is 1. The molecular formula is C22H23N3O3S3. The number of pyridine rings is 1. The molecule has 0 aliphatic carbocycles. The van der Waals surface area contributed by atoms with Crippen molar-refractivity contribution in [3.05, 3.63) is 75.7 Å². The van der Waals surface area contributed by atoms with E-state index >= 15 is 0 Å². The van der Waals surface area contributed by atoms with Crippen LogP contribution in [0.25, 0.3) is 0 Å². The van der Waals surface area contributed by atoms with Gasteiger partial charge in [-0.25, -0.2) is 13.1 Å². The Labute approximate surface area is 190 Å². The summed E-state index contributed by atoms with van der Waals surface area (Å²) in [7, 11) is -3.55. The molecular weight excluding hydrogens is 450 g/mol. The van der Waals surface area contributed by atoms with Gasteiger partial charge in [-0.2, -0.15) is 11.3 Å². The lowest BCUT2D eigenvalue weighted by molar-refractivity contribution is -0.129. The van der Waals surface area contributed by atoms with Crippen molar-refractivity contribution in [2.24, 2.45) is 0 Å². The minimum Gasteiger partial charge on any atom is -0.337 e. The van der Waals surface area contributed by atoms with Gasteiger partial charge in [-0.1, -0.05) is 18.2 Å². The Morgan fingerprint density at radius 1 is 1.26 bits per heavy atom. The zero-order valence-corrected chi connectivity index (χ0v) is 19.5. The van der Waals surface area contributed by atoms with Crippen LogP contribution in [0.3, 0.4) is 0 Å². The van der Waals surface area contributed by atoms with Gasteiger partial charge in [0.05, 0.1) is 10.6 Å². The molecule has 3 heterocycles. The number of aromatic nitrogens is 1. The number of fused-ring (bicyclic) bond motifs is 1. The molecule has 1 aliphatic rings. The van der Waals surface area contributed by atoms with Crippen LogP contribution in [0, 0.1) is 6.92 Å². The highest BCUT2D eigenvalue weighted by Gasteiger charge is 2.25. The number of benzene rings is 1. The van der Waals surface area contributed by atoms with E-state index in [0.29, 0.717) is 25.3 Å². The van der Waals surface area contributed by atoms with Crippen molar-refractivity contribution >= 4 is 39.0 Å². The third-order valence-corrected chi connectivity index (χ3v) is 8.53. The van der Waals surface area contributed by atoms with Crippen LogP contribution < -0.4 is 4.72 Å². The van der Waals surface area contributed by atoms with Gasteiger partial charge in [0.25, 0.3) is 0 Å². The van der Waals surface area contributed by atoms with E-state index in [9.17, 15) is 13.2 Å². The fourth-order valence-corrected chi connectivity index (χ4v) is 6.42. The highest BCUT2D eigenvalue weighted by Crippen LogP contribution is 2.26. The first kappa shape index (κ1) is 22.0. The monoisotopic (exact) mass is 473 g/mol. The van der Waals surface area contributed by atoms with Crippen molar-refractivity contribution in [3.8, 4) is 0 Å². The number of nitrogens with one attached hydrogen (secondary N) is 1. The summed E-state index contributed by atoms with van der Waals surface area (Å²) in [6, 6.07) is 11.5. The zero-order valence-electron chi connectivity index (χ0n) is 17.1. The molecule has 2 aromatic heterocycles. The highest BCUT2D eigenvalue weighted by atomic mass is 32.2. The number of amides is 1.